The van der Waals surface area contributed by atoms with Crippen molar-refractivity contribution >= 4 is 24.0 Å². The maximum Gasteiger partial charge on any atom is 0.349 e. The molecule has 0 aliphatic carbocycles. The lowest BCUT2D eigenvalue weighted by molar-refractivity contribution is 0.102. The molecule has 1 amide bonds. The van der Waals surface area contributed by atoms with Gasteiger partial charge in [0.1, 0.15) is 17.1 Å². The molecule has 0 radical (unpaired) electrons. The van der Waals surface area contributed by atoms with Gasteiger partial charge in [0, 0.05) is 11.6 Å². The van der Waals surface area contributed by atoms with Gasteiger partial charge in [-0.05, 0) is 75.2 Å². The van der Waals surface area contributed by atoms with Crippen molar-refractivity contribution in [1.29, 1.82) is 0 Å². The normalized spacial score (nSPS) is 14.6. The summed E-state index contributed by atoms with van der Waals surface area (Å²) in [6.45, 7) is 5.20. The average molecular weight is 381 g/mol. The molecule has 1 aliphatic rings. The number of rotatable bonds is 3. The second-order valence-corrected chi connectivity index (χ2v) is 6.43. The second-order valence-electron chi connectivity index (χ2n) is 6.43. The number of hydrogen-bond donors (Lipinski definition) is 2. The van der Waals surface area contributed by atoms with Crippen LogP contribution in [0.2, 0.25) is 0 Å². The van der Waals surface area contributed by atoms with Crippen molar-refractivity contribution < 1.29 is 13.6 Å². The molecule has 26 heavy (non-hydrogen) atoms. The van der Waals surface area contributed by atoms with E-state index in [4.69, 9.17) is 4.42 Å². The van der Waals surface area contributed by atoms with Crippen LogP contribution in [-0.4, -0.2) is 19.0 Å². The van der Waals surface area contributed by atoms with Crippen molar-refractivity contribution in [3.05, 3.63) is 63.0 Å². The summed E-state index contributed by atoms with van der Waals surface area (Å²) in [5.41, 5.74) is 0.989. The summed E-state index contributed by atoms with van der Waals surface area (Å²) >= 11 is 0. The Morgan fingerprint density at radius 2 is 1.88 bits per heavy atom. The molecule has 2 N–H and O–H groups in total. The van der Waals surface area contributed by atoms with E-state index in [1.54, 1.807) is 19.9 Å². The maximum absolute atomic E-state index is 13.2. The highest BCUT2D eigenvalue weighted by atomic mass is 35.5. The predicted octanol–water partition coefficient (Wildman–Crippen LogP) is 3.54. The fraction of sp³-hybridized carbons (Fsp3) is 0.368. The molecular weight excluding hydrogens is 359 g/mol. The Hall–Kier alpha value is -2.18. The molecule has 2 aromatic rings. The van der Waals surface area contributed by atoms with Crippen molar-refractivity contribution in [3.63, 3.8) is 0 Å². The fourth-order valence-corrected chi connectivity index (χ4v) is 3.17. The zero-order valence-corrected chi connectivity index (χ0v) is 15.5. The molecule has 1 saturated heterocycles. The van der Waals surface area contributed by atoms with Crippen molar-refractivity contribution in [1.82, 2.24) is 5.32 Å². The highest BCUT2D eigenvalue weighted by Gasteiger charge is 2.22. The lowest BCUT2D eigenvalue weighted by atomic mass is 9.94. The van der Waals surface area contributed by atoms with E-state index in [1.165, 1.54) is 18.2 Å². The summed E-state index contributed by atoms with van der Waals surface area (Å²) < 4.78 is 18.6. The Morgan fingerprint density at radius 1 is 1.19 bits per heavy atom. The highest BCUT2D eigenvalue weighted by molar-refractivity contribution is 6.05. The topological polar surface area (TPSA) is 71.3 Å². The van der Waals surface area contributed by atoms with Gasteiger partial charge in [-0.1, -0.05) is 0 Å². The zero-order chi connectivity index (χ0) is 18.0. The standard InChI is InChI=1S/C19H21FN2O3.ClH/c1-11-9-14(20)3-4-15(11)22-18(23)17-12(2)10-16(25-19(17)24)13-5-7-21-8-6-13;/h3-4,9-10,13,21H,5-8H2,1-2H3,(H,22,23);1H. The Balaban J connectivity index is 0.00000243. The number of carbonyl (C=O) groups is 1. The van der Waals surface area contributed by atoms with E-state index in [0.29, 0.717) is 22.6 Å². The van der Waals surface area contributed by atoms with E-state index in [2.05, 4.69) is 10.6 Å². The van der Waals surface area contributed by atoms with Crippen LogP contribution in [0.1, 0.15) is 46.0 Å². The average Bonchev–Trinajstić information content (AvgIpc) is 2.57. The summed E-state index contributed by atoms with van der Waals surface area (Å²) in [6.07, 6.45) is 1.81. The van der Waals surface area contributed by atoms with Gasteiger partial charge in [0.25, 0.3) is 5.91 Å². The molecule has 1 aromatic carbocycles. The molecule has 1 aliphatic heterocycles. The van der Waals surface area contributed by atoms with Crippen LogP contribution >= 0.6 is 12.4 Å². The van der Waals surface area contributed by atoms with Gasteiger partial charge in [0.2, 0.25) is 0 Å². The van der Waals surface area contributed by atoms with E-state index >= 15 is 0 Å². The third kappa shape index (κ3) is 4.31. The lowest BCUT2D eigenvalue weighted by Crippen LogP contribution is -2.28. The first-order valence-electron chi connectivity index (χ1n) is 8.38. The number of nitrogens with one attached hydrogen (secondary N) is 2. The summed E-state index contributed by atoms with van der Waals surface area (Å²) in [5.74, 6) is -0.0852. The van der Waals surface area contributed by atoms with Crippen molar-refractivity contribution in [2.24, 2.45) is 0 Å². The molecule has 0 atom stereocenters. The molecule has 2 heterocycles. The fourth-order valence-electron chi connectivity index (χ4n) is 3.17. The third-order valence-electron chi connectivity index (χ3n) is 4.57. The number of amides is 1. The minimum absolute atomic E-state index is 0. The van der Waals surface area contributed by atoms with Gasteiger partial charge in [-0.2, -0.15) is 0 Å². The SMILES string of the molecule is Cc1cc(F)ccc1NC(=O)c1c(C)cc(C2CCNCC2)oc1=O.Cl. The molecule has 0 spiro atoms. The van der Waals surface area contributed by atoms with Gasteiger partial charge < -0.3 is 15.1 Å². The number of piperidine rings is 1. The van der Waals surface area contributed by atoms with Crippen LogP contribution in [0.3, 0.4) is 0 Å². The van der Waals surface area contributed by atoms with Crippen LogP contribution in [0.5, 0.6) is 0 Å². The third-order valence-corrected chi connectivity index (χ3v) is 4.57. The Labute approximate surface area is 157 Å². The van der Waals surface area contributed by atoms with Gasteiger partial charge >= 0.3 is 5.63 Å². The number of carbonyl (C=O) groups excluding carboxylic acids is 1. The van der Waals surface area contributed by atoms with Gasteiger partial charge in [0.15, 0.2) is 0 Å². The molecule has 7 heteroatoms. The first-order chi connectivity index (χ1) is 12.0. The molecule has 1 fully saturated rings. The lowest BCUT2D eigenvalue weighted by Gasteiger charge is -2.22. The van der Waals surface area contributed by atoms with Gasteiger partial charge in [0.05, 0.1) is 0 Å². The summed E-state index contributed by atoms with van der Waals surface area (Å²) in [6, 6.07) is 5.84. The summed E-state index contributed by atoms with van der Waals surface area (Å²) in [4.78, 5) is 24.9. The number of benzene rings is 1. The highest BCUT2D eigenvalue weighted by Crippen LogP contribution is 2.25. The molecule has 0 bridgehead atoms. The minimum Gasteiger partial charge on any atom is -0.427 e. The summed E-state index contributed by atoms with van der Waals surface area (Å²) in [7, 11) is 0. The number of anilines is 1. The van der Waals surface area contributed by atoms with Crippen LogP contribution in [0.25, 0.3) is 0 Å². The quantitative estimate of drug-likeness (QED) is 0.854. The molecule has 3 rings (SSSR count). The zero-order valence-electron chi connectivity index (χ0n) is 14.7. The van der Waals surface area contributed by atoms with E-state index < -0.39 is 11.5 Å². The Morgan fingerprint density at radius 3 is 2.50 bits per heavy atom. The van der Waals surface area contributed by atoms with Gasteiger partial charge in [-0.3, -0.25) is 4.79 Å². The molecule has 0 unspecified atom stereocenters. The minimum atomic E-state index is -0.634. The molecule has 140 valence electrons. The smallest absolute Gasteiger partial charge is 0.349 e. The van der Waals surface area contributed by atoms with Crippen LogP contribution in [0.15, 0.2) is 33.5 Å². The molecule has 5 nitrogen and oxygen atoms in total. The van der Waals surface area contributed by atoms with Crippen molar-refractivity contribution in [3.8, 4) is 0 Å². The van der Waals surface area contributed by atoms with Gasteiger partial charge in [-0.25, -0.2) is 9.18 Å². The van der Waals surface area contributed by atoms with Crippen molar-refractivity contribution in [2.75, 3.05) is 18.4 Å². The first kappa shape index (κ1) is 20.1. The van der Waals surface area contributed by atoms with Crippen LogP contribution in [0.4, 0.5) is 10.1 Å². The Kier molecular flexibility index (Phi) is 6.56. The Bertz CT molecular complexity index is 860. The first-order valence-corrected chi connectivity index (χ1v) is 8.38. The van der Waals surface area contributed by atoms with E-state index in [-0.39, 0.29) is 29.7 Å². The van der Waals surface area contributed by atoms with E-state index in [9.17, 15) is 14.0 Å². The van der Waals surface area contributed by atoms with E-state index in [0.717, 1.165) is 25.9 Å². The van der Waals surface area contributed by atoms with Gasteiger partial charge in [-0.15, -0.1) is 12.4 Å². The van der Waals surface area contributed by atoms with E-state index in [1.807, 2.05) is 0 Å². The number of aryl methyl sites for hydroxylation is 2. The number of hydrogen-bond acceptors (Lipinski definition) is 4. The molecule has 1 aromatic heterocycles. The van der Waals surface area contributed by atoms with Crippen LogP contribution in [-0.2, 0) is 0 Å². The number of halogens is 2. The van der Waals surface area contributed by atoms with Crippen LogP contribution in [0, 0.1) is 19.7 Å². The second kappa shape index (κ2) is 8.47. The largest absolute Gasteiger partial charge is 0.427 e. The van der Waals surface area contributed by atoms with Crippen LogP contribution < -0.4 is 16.3 Å². The summed E-state index contributed by atoms with van der Waals surface area (Å²) in [5, 5.41) is 5.93. The maximum atomic E-state index is 13.2. The predicted molar refractivity (Wildman–Crippen MR) is 101 cm³/mol. The molecular formula is C19H22ClFN2O3. The molecule has 0 saturated carbocycles. The monoisotopic (exact) mass is 380 g/mol. The van der Waals surface area contributed by atoms with Crippen molar-refractivity contribution in [2.45, 2.75) is 32.6 Å².